The highest BCUT2D eigenvalue weighted by atomic mass is 19.4. The zero-order chi connectivity index (χ0) is 23.6. The van der Waals surface area contributed by atoms with E-state index in [9.17, 15) is 23.1 Å². The second-order valence-electron chi connectivity index (χ2n) is 7.22. The number of nitrogens with one attached hydrogen (secondary N) is 1. The fourth-order valence-electron chi connectivity index (χ4n) is 3.27. The topological polar surface area (TPSA) is 92.9 Å². The van der Waals surface area contributed by atoms with Crippen LogP contribution in [0.2, 0.25) is 0 Å². The number of carboxylic acid groups (broad SMARTS) is 1. The summed E-state index contributed by atoms with van der Waals surface area (Å²) < 4.78 is 40.9. The van der Waals surface area contributed by atoms with Gasteiger partial charge < -0.3 is 10.4 Å². The van der Waals surface area contributed by atoms with Gasteiger partial charge in [-0.3, -0.25) is 4.57 Å². The minimum absolute atomic E-state index is 0.0132. The number of carbonyl (C=O) groups is 1. The summed E-state index contributed by atoms with van der Waals surface area (Å²) in [7, 11) is 0. The van der Waals surface area contributed by atoms with Crippen LogP contribution in [0.4, 0.5) is 19.1 Å². The predicted molar refractivity (Wildman–Crippen MR) is 115 cm³/mol. The molecule has 0 saturated heterocycles. The Labute approximate surface area is 186 Å². The maximum Gasteiger partial charge on any atom is 0.416 e. The second-order valence-corrected chi connectivity index (χ2v) is 7.22. The van der Waals surface area contributed by atoms with Gasteiger partial charge >= 0.3 is 12.1 Å². The summed E-state index contributed by atoms with van der Waals surface area (Å²) in [4.78, 5) is 24.2. The first-order valence-electron chi connectivity index (χ1n) is 9.87. The van der Waals surface area contributed by atoms with Crippen molar-refractivity contribution >= 4 is 11.9 Å². The van der Waals surface area contributed by atoms with Gasteiger partial charge in [0, 0.05) is 18.0 Å². The highest BCUT2D eigenvalue weighted by Crippen LogP contribution is 2.32. The van der Waals surface area contributed by atoms with Crippen molar-refractivity contribution in [2.45, 2.75) is 19.1 Å². The Balaban J connectivity index is 1.74. The lowest BCUT2D eigenvalue weighted by Gasteiger charge is -2.15. The van der Waals surface area contributed by atoms with E-state index in [1.165, 1.54) is 35.2 Å². The fraction of sp³-hybridized carbons (Fsp3) is 0.130. The first kappa shape index (κ1) is 22.0. The van der Waals surface area contributed by atoms with E-state index in [0.717, 1.165) is 17.7 Å². The van der Waals surface area contributed by atoms with Crippen molar-refractivity contribution < 1.29 is 23.1 Å². The van der Waals surface area contributed by atoms with Gasteiger partial charge in [0.05, 0.1) is 11.6 Å². The Morgan fingerprint density at radius 1 is 1.06 bits per heavy atom. The van der Waals surface area contributed by atoms with Gasteiger partial charge in [-0.25, -0.2) is 14.8 Å². The van der Waals surface area contributed by atoms with E-state index >= 15 is 0 Å². The number of anilines is 1. The molecule has 4 rings (SSSR count). The molecular formula is C23H18F3N5O2. The number of benzene rings is 2. The average molecular weight is 453 g/mol. The van der Waals surface area contributed by atoms with Crippen molar-refractivity contribution in [1.82, 2.24) is 19.5 Å². The fourth-order valence-corrected chi connectivity index (χ4v) is 3.27. The summed E-state index contributed by atoms with van der Waals surface area (Å²) in [6, 6.07) is 15.5. The molecule has 7 nitrogen and oxygen atoms in total. The van der Waals surface area contributed by atoms with Crippen molar-refractivity contribution in [3.63, 3.8) is 0 Å². The molecule has 33 heavy (non-hydrogen) atoms. The Morgan fingerprint density at radius 2 is 1.82 bits per heavy atom. The van der Waals surface area contributed by atoms with Gasteiger partial charge in [0.1, 0.15) is 11.6 Å². The van der Waals surface area contributed by atoms with Crippen molar-refractivity contribution in [2.75, 3.05) is 5.32 Å². The van der Waals surface area contributed by atoms with Gasteiger partial charge in [0.25, 0.3) is 0 Å². The van der Waals surface area contributed by atoms with Crippen LogP contribution in [0.15, 0.2) is 73.1 Å². The zero-order valence-corrected chi connectivity index (χ0v) is 17.3. The van der Waals surface area contributed by atoms with Crippen LogP contribution in [0.25, 0.3) is 17.2 Å². The molecule has 0 saturated carbocycles. The molecule has 0 radical (unpaired) electrons. The third kappa shape index (κ3) is 4.84. The van der Waals surface area contributed by atoms with Crippen LogP contribution >= 0.6 is 0 Å². The minimum Gasteiger partial charge on any atom is -0.476 e. The van der Waals surface area contributed by atoms with Gasteiger partial charge in [-0.1, -0.05) is 42.5 Å². The molecular weight excluding hydrogens is 435 g/mol. The number of rotatable bonds is 6. The van der Waals surface area contributed by atoms with Crippen molar-refractivity contribution in [3.8, 4) is 17.2 Å². The van der Waals surface area contributed by atoms with Crippen LogP contribution in [0, 0.1) is 0 Å². The Morgan fingerprint density at radius 3 is 2.52 bits per heavy atom. The third-order valence-electron chi connectivity index (χ3n) is 4.91. The molecule has 2 aromatic heterocycles. The molecule has 0 bridgehead atoms. The summed E-state index contributed by atoms with van der Waals surface area (Å²) in [5.41, 5.74) is -0.0867. The van der Waals surface area contributed by atoms with Crippen LogP contribution in [0.3, 0.4) is 0 Å². The molecule has 0 aliphatic carbocycles. The molecule has 0 fully saturated rings. The number of alkyl halides is 3. The average Bonchev–Trinajstić information content (AvgIpc) is 3.25. The molecule has 0 spiro atoms. The molecule has 168 valence electrons. The highest BCUT2D eigenvalue weighted by Gasteiger charge is 2.31. The molecule has 0 unspecified atom stereocenters. The molecule has 2 N–H and O–H groups in total. The summed E-state index contributed by atoms with van der Waals surface area (Å²) in [6.45, 7) is 1.93. The zero-order valence-electron chi connectivity index (χ0n) is 17.3. The lowest BCUT2D eigenvalue weighted by Crippen LogP contribution is -2.11. The van der Waals surface area contributed by atoms with Gasteiger partial charge in [-0.2, -0.15) is 18.2 Å². The highest BCUT2D eigenvalue weighted by molar-refractivity contribution is 5.86. The monoisotopic (exact) mass is 453 g/mol. The SMILES string of the molecule is C[C@H](Nc1nccc(-n2cc(C(=O)O)nc2-c2cccc(C(F)(F)F)c2)n1)c1ccccc1. The van der Waals surface area contributed by atoms with Crippen molar-refractivity contribution in [2.24, 2.45) is 0 Å². The number of aromatic nitrogens is 4. The normalized spacial score (nSPS) is 12.4. The van der Waals surface area contributed by atoms with Crippen molar-refractivity contribution in [3.05, 3.63) is 89.9 Å². The first-order chi connectivity index (χ1) is 15.7. The van der Waals surface area contributed by atoms with E-state index < -0.39 is 17.7 Å². The first-order valence-corrected chi connectivity index (χ1v) is 9.87. The Bertz CT molecular complexity index is 1290. The van der Waals surface area contributed by atoms with E-state index in [-0.39, 0.29) is 34.9 Å². The van der Waals surface area contributed by atoms with Crippen LogP contribution < -0.4 is 5.32 Å². The van der Waals surface area contributed by atoms with Crippen LogP contribution in [-0.2, 0) is 6.18 Å². The number of halogens is 3. The number of aromatic carboxylic acids is 1. The smallest absolute Gasteiger partial charge is 0.416 e. The van der Waals surface area contributed by atoms with Gasteiger partial charge in [0.15, 0.2) is 5.69 Å². The lowest BCUT2D eigenvalue weighted by molar-refractivity contribution is -0.137. The maximum atomic E-state index is 13.2. The molecule has 0 amide bonds. The summed E-state index contributed by atoms with van der Waals surface area (Å²) in [5.74, 6) is -0.782. The molecule has 2 aromatic carbocycles. The second kappa shape index (κ2) is 8.73. The number of nitrogens with zero attached hydrogens (tertiary/aromatic N) is 4. The van der Waals surface area contributed by atoms with E-state index in [1.54, 1.807) is 0 Å². The van der Waals surface area contributed by atoms with Gasteiger partial charge in [-0.05, 0) is 30.7 Å². The number of hydrogen-bond donors (Lipinski definition) is 2. The molecule has 0 aliphatic heterocycles. The lowest BCUT2D eigenvalue weighted by atomic mass is 10.1. The number of carboxylic acids is 1. The maximum absolute atomic E-state index is 13.2. The van der Waals surface area contributed by atoms with Crippen LogP contribution in [0.5, 0.6) is 0 Å². The largest absolute Gasteiger partial charge is 0.476 e. The molecule has 1 atom stereocenters. The third-order valence-corrected chi connectivity index (χ3v) is 4.91. The van der Waals surface area contributed by atoms with Gasteiger partial charge in [0.2, 0.25) is 5.95 Å². The molecule has 10 heteroatoms. The molecule has 0 aliphatic rings. The summed E-state index contributed by atoms with van der Waals surface area (Å²) >= 11 is 0. The quantitative estimate of drug-likeness (QED) is 0.416. The van der Waals surface area contributed by atoms with E-state index in [2.05, 4.69) is 20.3 Å². The minimum atomic E-state index is -4.55. The summed E-state index contributed by atoms with van der Waals surface area (Å²) in [6.07, 6.45) is -1.87. The number of hydrogen-bond acceptors (Lipinski definition) is 5. The van der Waals surface area contributed by atoms with E-state index in [1.807, 2.05) is 37.3 Å². The molecule has 2 heterocycles. The van der Waals surface area contributed by atoms with E-state index in [4.69, 9.17) is 0 Å². The van der Waals surface area contributed by atoms with Crippen LogP contribution in [0.1, 0.15) is 34.6 Å². The standard InChI is InChI=1S/C23H18F3N5O2/c1-14(15-6-3-2-4-7-15)28-22-27-11-10-19(30-22)31-13-18(21(32)33)29-20(31)16-8-5-9-17(12-16)23(24,25)26/h2-14H,1H3,(H,32,33)(H,27,28,30)/t14-/m0/s1. The number of imidazole rings is 1. The predicted octanol–water partition coefficient (Wildman–Crippen LogP) is 5.22. The van der Waals surface area contributed by atoms with Gasteiger partial charge in [-0.15, -0.1) is 0 Å². The Hall–Kier alpha value is -4.21. The van der Waals surface area contributed by atoms with Crippen LogP contribution in [-0.4, -0.2) is 30.6 Å². The van der Waals surface area contributed by atoms with E-state index in [0.29, 0.717) is 0 Å². The Kier molecular flexibility index (Phi) is 5.82. The molecule has 4 aromatic rings. The van der Waals surface area contributed by atoms with Crippen molar-refractivity contribution in [1.29, 1.82) is 0 Å². The summed E-state index contributed by atoms with van der Waals surface area (Å²) in [5, 5.41) is 12.6.